The van der Waals surface area contributed by atoms with Gasteiger partial charge in [0.2, 0.25) is 5.91 Å². The topological polar surface area (TPSA) is 125 Å². The molecule has 0 radical (unpaired) electrons. The molecule has 6 N–H and O–H groups in total. The number of benzene rings is 2. The largest absolute Gasteiger partial charge is 0.384 e. The second-order valence-corrected chi connectivity index (χ2v) is 9.17. The molecule has 0 aliphatic carbocycles. The molecular formula is C29H33FN6O2. The molecule has 2 aromatic carbocycles. The highest BCUT2D eigenvalue weighted by molar-refractivity contribution is 6.17. The molecule has 0 spiro atoms. The van der Waals surface area contributed by atoms with E-state index in [1.807, 2.05) is 43.3 Å². The van der Waals surface area contributed by atoms with Crippen LogP contribution in [0.25, 0.3) is 6.08 Å². The lowest BCUT2D eigenvalue weighted by Crippen LogP contribution is -2.34. The van der Waals surface area contributed by atoms with E-state index in [1.165, 1.54) is 12.1 Å². The summed E-state index contributed by atoms with van der Waals surface area (Å²) in [6, 6.07) is 13.5. The van der Waals surface area contributed by atoms with Crippen molar-refractivity contribution < 1.29 is 13.9 Å². The minimum atomic E-state index is -0.317. The lowest BCUT2D eigenvalue weighted by atomic mass is 9.98. The molecule has 0 fully saturated rings. The number of hydrogen-bond donors (Lipinski definition) is 5. The van der Waals surface area contributed by atoms with Gasteiger partial charge in [0.1, 0.15) is 11.6 Å². The zero-order chi connectivity index (χ0) is 26.9. The second kappa shape index (κ2) is 12.8. The summed E-state index contributed by atoms with van der Waals surface area (Å²) in [6.45, 7) is 3.42. The first-order valence-electron chi connectivity index (χ1n) is 12.7. The minimum absolute atomic E-state index is 0.0284. The van der Waals surface area contributed by atoms with Gasteiger partial charge in [-0.1, -0.05) is 30.4 Å². The number of carbonyl (C=O) groups excluding carboxylic acids is 1. The normalized spacial score (nSPS) is 17.6. The molecule has 1 aliphatic heterocycles. The Labute approximate surface area is 222 Å². The van der Waals surface area contributed by atoms with Gasteiger partial charge in [-0.3, -0.25) is 10.2 Å². The fourth-order valence-corrected chi connectivity index (χ4v) is 4.17. The first-order chi connectivity index (χ1) is 18.4. The van der Waals surface area contributed by atoms with E-state index in [9.17, 15) is 9.18 Å². The van der Waals surface area contributed by atoms with Crippen LogP contribution in [0.3, 0.4) is 0 Å². The number of rotatable bonds is 4. The van der Waals surface area contributed by atoms with Gasteiger partial charge in [0.05, 0.1) is 30.2 Å². The Kier molecular flexibility index (Phi) is 9.05. The summed E-state index contributed by atoms with van der Waals surface area (Å²) in [5, 5.41) is 18.6. The van der Waals surface area contributed by atoms with Crippen LogP contribution in [0, 0.1) is 11.2 Å². The molecule has 1 atom stereocenters. The van der Waals surface area contributed by atoms with E-state index in [-0.39, 0.29) is 29.3 Å². The van der Waals surface area contributed by atoms with Crippen LogP contribution in [-0.4, -0.2) is 42.4 Å². The number of ether oxygens (including phenoxy) is 1. The van der Waals surface area contributed by atoms with Gasteiger partial charge in [-0.05, 0) is 50.1 Å². The van der Waals surface area contributed by atoms with E-state index in [0.29, 0.717) is 55.8 Å². The average Bonchev–Trinajstić information content (AvgIpc) is 2.89. The number of hydrogen-bond acceptors (Lipinski definition) is 7. The van der Waals surface area contributed by atoms with Crippen molar-refractivity contribution in [3.05, 3.63) is 83.3 Å². The maximum absolute atomic E-state index is 13.5. The van der Waals surface area contributed by atoms with E-state index in [4.69, 9.17) is 15.9 Å². The fourth-order valence-electron chi connectivity index (χ4n) is 4.17. The number of nitrogens with one attached hydrogen (secondary N) is 4. The van der Waals surface area contributed by atoms with Crippen molar-refractivity contribution >= 4 is 40.6 Å². The molecule has 1 aliphatic rings. The average molecular weight is 517 g/mol. The van der Waals surface area contributed by atoms with E-state index in [2.05, 4.69) is 20.9 Å². The standard InChI is InChI=1S/C29H33FN6O2/c1-19-12-14-33-28-21(5-2-3-15-38-16-13-25(37)35-19)18-34-29(32)26(28)27(31)20-8-10-23(11-9-20)36-24-7-4-6-22(30)17-24/h2,4-11,17-19,31,33,36H,3,12-16H2,1H3,(H2,32,34)(H,35,37)/b5-2+,31-27?. The summed E-state index contributed by atoms with van der Waals surface area (Å²) < 4.78 is 19.1. The maximum Gasteiger partial charge on any atom is 0.222 e. The Morgan fingerprint density at radius 3 is 2.79 bits per heavy atom. The summed E-state index contributed by atoms with van der Waals surface area (Å²) >= 11 is 0. The summed E-state index contributed by atoms with van der Waals surface area (Å²) in [5.41, 5.74) is 10.7. The van der Waals surface area contributed by atoms with Gasteiger partial charge in [-0.2, -0.15) is 0 Å². The zero-order valence-corrected chi connectivity index (χ0v) is 21.4. The van der Waals surface area contributed by atoms with E-state index in [1.54, 1.807) is 18.3 Å². The lowest BCUT2D eigenvalue weighted by molar-refractivity contribution is -0.122. The molecule has 2 heterocycles. The van der Waals surface area contributed by atoms with Crippen molar-refractivity contribution in [3.8, 4) is 0 Å². The van der Waals surface area contributed by atoms with Crippen LogP contribution in [-0.2, 0) is 9.53 Å². The van der Waals surface area contributed by atoms with E-state index < -0.39 is 0 Å². The molecular weight excluding hydrogens is 483 g/mol. The Hall–Kier alpha value is -4.24. The smallest absolute Gasteiger partial charge is 0.222 e. The van der Waals surface area contributed by atoms with Gasteiger partial charge in [-0.15, -0.1) is 0 Å². The first-order valence-corrected chi connectivity index (χ1v) is 12.7. The fraction of sp³-hybridized carbons (Fsp3) is 0.276. The number of amides is 1. The number of pyridine rings is 1. The van der Waals surface area contributed by atoms with E-state index >= 15 is 0 Å². The molecule has 4 rings (SSSR count). The highest BCUT2D eigenvalue weighted by Gasteiger charge is 2.18. The number of nitrogens with zero attached hydrogens (tertiary/aromatic N) is 1. The highest BCUT2D eigenvalue weighted by atomic mass is 19.1. The molecule has 198 valence electrons. The lowest BCUT2D eigenvalue weighted by Gasteiger charge is -2.19. The van der Waals surface area contributed by atoms with Crippen molar-refractivity contribution in [1.82, 2.24) is 10.3 Å². The maximum atomic E-state index is 13.5. The second-order valence-electron chi connectivity index (χ2n) is 9.17. The zero-order valence-electron chi connectivity index (χ0n) is 21.4. The van der Waals surface area contributed by atoms with Gasteiger partial charge in [0.25, 0.3) is 0 Å². The predicted molar refractivity (Wildman–Crippen MR) is 151 cm³/mol. The van der Waals surface area contributed by atoms with Crippen LogP contribution < -0.4 is 21.7 Å². The Morgan fingerprint density at radius 2 is 2.00 bits per heavy atom. The molecule has 1 aromatic heterocycles. The molecule has 0 saturated heterocycles. The van der Waals surface area contributed by atoms with Crippen LogP contribution >= 0.6 is 0 Å². The molecule has 38 heavy (non-hydrogen) atoms. The van der Waals surface area contributed by atoms with Crippen molar-refractivity contribution in [2.45, 2.75) is 32.2 Å². The molecule has 3 aromatic rings. The molecule has 1 unspecified atom stereocenters. The molecule has 8 nitrogen and oxygen atoms in total. The Morgan fingerprint density at radius 1 is 1.18 bits per heavy atom. The van der Waals surface area contributed by atoms with Crippen LogP contribution in [0.1, 0.15) is 42.9 Å². The monoisotopic (exact) mass is 516 g/mol. The minimum Gasteiger partial charge on any atom is -0.384 e. The third-order valence-electron chi connectivity index (χ3n) is 6.16. The number of nitrogen functional groups attached to an aromatic ring is 1. The van der Waals surface area contributed by atoms with Crippen molar-refractivity contribution in [3.63, 3.8) is 0 Å². The SMILES string of the molecule is CC1CCNc2c(cnc(N)c2C(=N)c2ccc(Nc3cccc(F)c3)cc2)/C=C/CCOCCC(=O)N1. The Balaban J connectivity index is 1.59. The number of anilines is 4. The highest BCUT2D eigenvalue weighted by Crippen LogP contribution is 2.29. The summed E-state index contributed by atoms with van der Waals surface area (Å²) in [6.07, 6.45) is 7.33. The van der Waals surface area contributed by atoms with Crippen molar-refractivity contribution in [2.24, 2.45) is 0 Å². The van der Waals surface area contributed by atoms with Gasteiger partial charge in [0, 0.05) is 47.7 Å². The summed E-state index contributed by atoms with van der Waals surface area (Å²) in [7, 11) is 0. The Bertz CT molecular complexity index is 1310. The van der Waals surface area contributed by atoms with Gasteiger partial charge in [-0.25, -0.2) is 9.37 Å². The van der Waals surface area contributed by atoms with Crippen molar-refractivity contribution in [1.29, 1.82) is 5.41 Å². The van der Waals surface area contributed by atoms with Crippen molar-refractivity contribution in [2.75, 3.05) is 36.1 Å². The van der Waals surface area contributed by atoms with Gasteiger partial charge >= 0.3 is 0 Å². The van der Waals surface area contributed by atoms with Crippen LogP contribution in [0.15, 0.2) is 60.8 Å². The third-order valence-corrected chi connectivity index (χ3v) is 6.16. The molecule has 9 heteroatoms. The van der Waals surface area contributed by atoms with Crippen LogP contribution in [0.4, 0.5) is 27.3 Å². The summed E-state index contributed by atoms with van der Waals surface area (Å²) in [4.78, 5) is 16.5. The summed E-state index contributed by atoms with van der Waals surface area (Å²) in [5.74, 6) is -0.101. The van der Waals surface area contributed by atoms with Crippen LogP contribution in [0.5, 0.6) is 0 Å². The number of halogens is 1. The predicted octanol–water partition coefficient (Wildman–Crippen LogP) is 5.09. The first kappa shape index (κ1) is 26.8. The molecule has 1 amide bonds. The number of nitrogens with two attached hydrogens (primary N) is 1. The van der Waals surface area contributed by atoms with E-state index in [0.717, 1.165) is 16.9 Å². The van der Waals surface area contributed by atoms with Gasteiger partial charge < -0.3 is 26.4 Å². The number of fused-ring (bicyclic) bond motifs is 1. The van der Waals surface area contributed by atoms with Crippen LogP contribution in [0.2, 0.25) is 0 Å². The molecule has 0 saturated carbocycles. The molecule has 0 bridgehead atoms. The number of aromatic nitrogens is 1. The van der Waals surface area contributed by atoms with Gasteiger partial charge in [0.15, 0.2) is 0 Å². The number of carbonyl (C=O) groups is 1. The third kappa shape index (κ3) is 7.17. The quantitative estimate of drug-likeness (QED) is 0.308.